The van der Waals surface area contributed by atoms with Gasteiger partial charge in [-0.25, -0.2) is 0 Å². The SMILES string of the molecule is COc1ccc(Nc2cc(N)nc(N)n2)cc1Cl. The van der Waals surface area contributed by atoms with Gasteiger partial charge in [-0.15, -0.1) is 0 Å². The van der Waals surface area contributed by atoms with E-state index < -0.39 is 0 Å². The van der Waals surface area contributed by atoms with Crippen LogP contribution >= 0.6 is 11.6 Å². The first-order valence-corrected chi connectivity index (χ1v) is 5.47. The summed E-state index contributed by atoms with van der Waals surface area (Å²) in [5.74, 6) is 1.51. The summed E-state index contributed by atoms with van der Waals surface area (Å²) < 4.78 is 5.06. The summed E-state index contributed by atoms with van der Waals surface area (Å²) in [6, 6.07) is 6.85. The van der Waals surface area contributed by atoms with Crippen LogP contribution in [-0.4, -0.2) is 17.1 Å². The van der Waals surface area contributed by atoms with Crippen molar-refractivity contribution in [2.24, 2.45) is 0 Å². The fraction of sp³-hybridized carbons (Fsp3) is 0.0909. The monoisotopic (exact) mass is 265 g/mol. The third-order valence-corrected chi connectivity index (χ3v) is 2.48. The number of ether oxygens (including phenoxy) is 1. The number of nitrogens with zero attached hydrogens (tertiary/aromatic N) is 2. The molecule has 5 N–H and O–H groups in total. The summed E-state index contributed by atoms with van der Waals surface area (Å²) in [5, 5.41) is 3.52. The normalized spacial score (nSPS) is 10.1. The highest BCUT2D eigenvalue weighted by Gasteiger charge is 2.04. The van der Waals surface area contributed by atoms with Gasteiger partial charge in [0.2, 0.25) is 5.95 Å². The Bertz CT molecular complexity index is 555. The molecular weight excluding hydrogens is 254 g/mol. The van der Waals surface area contributed by atoms with Crippen molar-refractivity contribution in [2.75, 3.05) is 23.9 Å². The number of nitrogens with one attached hydrogen (secondary N) is 1. The number of rotatable bonds is 3. The first-order valence-electron chi connectivity index (χ1n) is 5.09. The average molecular weight is 266 g/mol. The maximum atomic E-state index is 6.01. The third kappa shape index (κ3) is 2.72. The molecule has 0 bridgehead atoms. The Morgan fingerprint density at radius 3 is 2.61 bits per heavy atom. The maximum Gasteiger partial charge on any atom is 0.223 e. The number of aromatic nitrogens is 2. The smallest absolute Gasteiger partial charge is 0.223 e. The molecule has 7 heteroatoms. The minimum absolute atomic E-state index is 0.108. The van der Waals surface area contributed by atoms with Crippen molar-refractivity contribution in [1.29, 1.82) is 0 Å². The number of halogens is 1. The highest BCUT2D eigenvalue weighted by molar-refractivity contribution is 6.32. The zero-order chi connectivity index (χ0) is 13.1. The van der Waals surface area contributed by atoms with Crippen LogP contribution in [0.25, 0.3) is 0 Å². The zero-order valence-electron chi connectivity index (χ0n) is 9.64. The van der Waals surface area contributed by atoms with E-state index in [1.165, 1.54) is 0 Å². The summed E-state index contributed by atoms with van der Waals surface area (Å²) in [7, 11) is 1.56. The van der Waals surface area contributed by atoms with Gasteiger partial charge in [-0.05, 0) is 18.2 Å². The second-order valence-electron chi connectivity index (χ2n) is 3.51. The fourth-order valence-corrected chi connectivity index (χ4v) is 1.70. The fourth-order valence-electron chi connectivity index (χ4n) is 1.44. The first-order chi connectivity index (χ1) is 8.58. The predicted octanol–water partition coefficient (Wildman–Crippen LogP) is 2.05. The topological polar surface area (TPSA) is 99.1 Å². The van der Waals surface area contributed by atoms with Gasteiger partial charge in [0.05, 0.1) is 12.1 Å². The van der Waals surface area contributed by atoms with Crippen LogP contribution in [0.2, 0.25) is 5.02 Å². The van der Waals surface area contributed by atoms with Crippen LogP contribution in [0.5, 0.6) is 5.75 Å². The van der Waals surface area contributed by atoms with Crippen molar-refractivity contribution in [2.45, 2.75) is 0 Å². The van der Waals surface area contributed by atoms with E-state index in [0.717, 1.165) is 5.69 Å². The predicted molar refractivity (Wildman–Crippen MR) is 72.1 cm³/mol. The number of nitrogens with two attached hydrogens (primary N) is 2. The molecule has 1 aromatic heterocycles. The molecule has 0 amide bonds. The van der Waals surface area contributed by atoms with Gasteiger partial charge in [-0.1, -0.05) is 11.6 Å². The summed E-state index contributed by atoms with van der Waals surface area (Å²) in [4.78, 5) is 7.78. The molecule has 2 rings (SSSR count). The van der Waals surface area contributed by atoms with E-state index in [9.17, 15) is 0 Å². The van der Waals surface area contributed by atoms with E-state index in [1.807, 2.05) is 0 Å². The molecule has 0 aliphatic carbocycles. The molecule has 0 atom stereocenters. The average Bonchev–Trinajstić information content (AvgIpc) is 2.27. The summed E-state index contributed by atoms with van der Waals surface area (Å²) in [5.41, 5.74) is 11.8. The van der Waals surface area contributed by atoms with Gasteiger partial charge < -0.3 is 21.5 Å². The van der Waals surface area contributed by atoms with Crippen LogP contribution in [0.4, 0.5) is 23.3 Å². The number of nitrogen functional groups attached to an aromatic ring is 2. The number of methoxy groups -OCH3 is 1. The zero-order valence-corrected chi connectivity index (χ0v) is 10.4. The Balaban J connectivity index is 2.25. The van der Waals surface area contributed by atoms with Crippen LogP contribution in [0.3, 0.4) is 0 Å². The van der Waals surface area contributed by atoms with Crippen molar-refractivity contribution in [3.63, 3.8) is 0 Å². The number of hydrogen-bond acceptors (Lipinski definition) is 6. The van der Waals surface area contributed by atoms with Crippen LogP contribution in [0.1, 0.15) is 0 Å². The lowest BCUT2D eigenvalue weighted by Crippen LogP contribution is -2.02. The summed E-state index contributed by atoms with van der Waals surface area (Å²) >= 11 is 6.01. The van der Waals surface area contributed by atoms with E-state index >= 15 is 0 Å². The summed E-state index contributed by atoms with van der Waals surface area (Å²) in [6.07, 6.45) is 0. The molecule has 0 spiro atoms. The molecule has 2 aromatic rings. The van der Waals surface area contributed by atoms with Crippen LogP contribution in [0, 0.1) is 0 Å². The van der Waals surface area contributed by atoms with Crippen LogP contribution in [-0.2, 0) is 0 Å². The lowest BCUT2D eigenvalue weighted by Gasteiger charge is -2.09. The Morgan fingerprint density at radius 1 is 1.22 bits per heavy atom. The highest BCUT2D eigenvalue weighted by atomic mass is 35.5. The number of benzene rings is 1. The van der Waals surface area contributed by atoms with Crippen LogP contribution in [0.15, 0.2) is 24.3 Å². The van der Waals surface area contributed by atoms with Gasteiger partial charge in [0.25, 0.3) is 0 Å². The number of anilines is 4. The van der Waals surface area contributed by atoms with Gasteiger partial charge in [0, 0.05) is 11.8 Å². The molecule has 1 heterocycles. The molecule has 0 fully saturated rings. The van der Waals surface area contributed by atoms with Gasteiger partial charge in [-0.3, -0.25) is 0 Å². The molecule has 1 aromatic carbocycles. The highest BCUT2D eigenvalue weighted by Crippen LogP contribution is 2.28. The Hall–Kier alpha value is -2.21. The van der Waals surface area contributed by atoms with Crippen molar-refractivity contribution in [1.82, 2.24) is 9.97 Å². The molecule has 0 saturated carbocycles. The minimum atomic E-state index is 0.108. The van der Waals surface area contributed by atoms with Crippen molar-refractivity contribution >= 4 is 34.9 Å². The second-order valence-corrected chi connectivity index (χ2v) is 3.92. The van der Waals surface area contributed by atoms with Gasteiger partial charge in [0.15, 0.2) is 0 Å². The Labute approximate surface area is 109 Å². The lowest BCUT2D eigenvalue weighted by atomic mass is 10.3. The molecular formula is C11H12ClN5O. The van der Waals surface area contributed by atoms with Crippen molar-refractivity contribution in [3.05, 3.63) is 29.3 Å². The molecule has 0 aliphatic heterocycles. The van der Waals surface area contributed by atoms with Crippen molar-refractivity contribution < 1.29 is 4.74 Å². The third-order valence-electron chi connectivity index (χ3n) is 2.19. The molecule has 0 radical (unpaired) electrons. The molecule has 0 aliphatic rings. The van der Waals surface area contributed by atoms with E-state index in [4.69, 9.17) is 27.8 Å². The van der Waals surface area contributed by atoms with E-state index in [-0.39, 0.29) is 5.95 Å². The van der Waals surface area contributed by atoms with Crippen LogP contribution < -0.4 is 21.5 Å². The summed E-state index contributed by atoms with van der Waals surface area (Å²) in [6.45, 7) is 0. The molecule has 94 valence electrons. The van der Waals surface area contributed by atoms with Gasteiger partial charge in [0.1, 0.15) is 17.4 Å². The second kappa shape index (κ2) is 4.97. The Morgan fingerprint density at radius 2 is 2.00 bits per heavy atom. The first kappa shape index (κ1) is 12.3. The lowest BCUT2D eigenvalue weighted by molar-refractivity contribution is 0.415. The van der Waals surface area contributed by atoms with Gasteiger partial charge in [-0.2, -0.15) is 9.97 Å². The number of hydrogen-bond donors (Lipinski definition) is 3. The molecule has 0 unspecified atom stereocenters. The largest absolute Gasteiger partial charge is 0.495 e. The van der Waals surface area contributed by atoms with E-state index in [1.54, 1.807) is 31.4 Å². The Kier molecular flexibility index (Phi) is 3.38. The quantitative estimate of drug-likeness (QED) is 0.785. The molecule has 18 heavy (non-hydrogen) atoms. The maximum absolute atomic E-state index is 6.01. The standard InChI is InChI=1S/C11H12ClN5O/c1-18-8-3-2-6(4-7(8)12)15-10-5-9(13)16-11(14)17-10/h2-5H,1H3,(H5,13,14,15,16,17). The minimum Gasteiger partial charge on any atom is -0.495 e. The molecule has 0 saturated heterocycles. The van der Waals surface area contributed by atoms with Gasteiger partial charge >= 0.3 is 0 Å². The van der Waals surface area contributed by atoms with Crippen molar-refractivity contribution in [3.8, 4) is 5.75 Å². The van der Waals surface area contributed by atoms with E-state index in [2.05, 4.69) is 15.3 Å². The van der Waals surface area contributed by atoms with E-state index in [0.29, 0.717) is 22.4 Å². The molecule has 6 nitrogen and oxygen atoms in total.